The van der Waals surface area contributed by atoms with Gasteiger partial charge in [-0.2, -0.15) is 0 Å². The van der Waals surface area contributed by atoms with E-state index in [1.54, 1.807) is 11.1 Å². The van der Waals surface area contributed by atoms with Gasteiger partial charge in [0.2, 0.25) is 0 Å². The molecule has 3 atom stereocenters. The molecule has 170 valence electrons. The normalized spacial score (nSPS) is 23.1. The van der Waals surface area contributed by atoms with Crippen LogP contribution in [-0.4, -0.2) is 23.1 Å². The van der Waals surface area contributed by atoms with Crippen molar-refractivity contribution in [3.63, 3.8) is 0 Å². The fraction of sp³-hybridized carbons (Fsp3) is 0.312. The minimum absolute atomic E-state index is 0.319. The third-order valence-corrected chi connectivity index (χ3v) is 8.57. The van der Waals surface area contributed by atoms with Crippen molar-refractivity contribution < 1.29 is 5.11 Å². The Kier molecular flexibility index (Phi) is 4.85. The average Bonchev–Trinajstić information content (AvgIpc) is 3.68. The molecule has 3 aliphatic rings. The maximum absolute atomic E-state index is 11.3. The van der Waals surface area contributed by atoms with E-state index < -0.39 is 6.10 Å². The van der Waals surface area contributed by atoms with Crippen molar-refractivity contribution in [1.29, 1.82) is 0 Å². The maximum atomic E-state index is 11.3. The number of allylic oxidation sites excluding steroid dienone is 1. The lowest BCUT2D eigenvalue weighted by Crippen LogP contribution is -2.35. The number of hydrogen-bond acceptors (Lipinski definition) is 2. The van der Waals surface area contributed by atoms with Crippen LogP contribution in [-0.2, 0) is 6.54 Å². The first-order valence-electron chi connectivity index (χ1n) is 12.9. The Morgan fingerprint density at radius 3 is 2.44 bits per heavy atom. The zero-order valence-electron chi connectivity index (χ0n) is 19.5. The maximum Gasteiger partial charge on any atom is 0.0825 e. The number of hydrogen-bond donors (Lipinski definition) is 1. The first-order chi connectivity index (χ1) is 16.8. The Morgan fingerprint density at radius 2 is 1.59 bits per heavy atom. The van der Waals surface area contributed by atoms with Crippen molar-refractivity contribution in [2.75, 3.05) is 13.1 Å². The van der Waals surface area contributed by atoms with Gasteiger partial charge in [0.05, 0.1) is 6.10 Å². The largest absolute Gasteiger partial charge is 0.388 e. The van der Waals surface area contributed by atoms with Crippen LogP contribution in [0, 0.1) is 11.8 Å². The first-order valence-corrected chi connectivity index (χ1v) is 12.9. The number of fused-ring (bicyclic) bond motifs is 5. The van der Waals surface area contributed by atoms with E-state index >= 15 is 0 Å². The molecule has 2 heteroatoms. The highest BCUT2D eigenvalue weighted by molar-refractivity contribution is 5.91. The number of likely N-dealkylation sites (tertiary alicyclic amines) is 1. The van der Waals surface area contributed by atoms with Gasteiger partial charge < -0.3 is 5.11 Å². The number of rotatable bonds is 4. The lowest BCUT2D eigenvalue weighted by atomic mass is 9.84. The highest BCUT2D eigenvalue weighted by atomic mass is 16.3. The lowest BCUT2D eigenvalue weighted by Gasteiger charge is -2.35. The van der Waals surface area contributed by atoms with Crippen molar-refractivity contribution >= 4 is 27.6 Å². The van der Waals surface area contributed by atoms with E-state index in [4.69, 9.17) is 0 Å². The van der Waals surface area contributed by atoms with Crippen LogP contribution in [0.15, 0.2) is 78.9 Å². The molecule has 0 spiro atoms. The molecular formula is C32H31NO. The molecule has 34 heavy (non-hydrogen) atoms. The molecule has 0 amide bonds. The van der Waals surface area contributed by atoms with Gasteiger partial charge in [-0.3, -0.25) is 4.90 Å². The molecule has 2 nitrogen and oxygen atoms in total. The van der Waals surface area contributed by atoms with Gasteiger partial charge in [-0.05, 0) is 100.0 Å². The van der Waals surface area contributed by atoms with Crippen molar-refractivity contribution in [1.82, 2.24) is 4.90 Å². The van der Waals surface area contributed by atoms with Gasteiger partial charge in [0, 0.05) is 6.54 Å². The van der Waals surface area contributed by atoms with Crippen LogP contribution in [0.4, 0.5) is 0 Å². The molecule has 0 radical (unpaired) electrons. The average molecular weight is 446 g/mol. The standard InChI is InChI=1S/C32H31NO/c34-32(28-11-5-8-21-6-1-3-9-26(21)28)22-14-16-33(17-15-22)20-30-27-10-4-2-7-23(27)18-25-13-12-24-19-29(24)31(25)30/h1-13,18,22,24,29,32,34H,14-17,19-20H2. The Hall–Kier alpha value is -2.94. The molecule has 2 aliphatic carbocycles. The predicted octanol–water partition coefficient (Wildman–Crippen LogP) is 7.07. The molecule has 4 aromatic rings. The second-order valence-corrected chi connectivity index (χ2v) is 10.6. The summed E-state index contributed by atoms with van der Waals surface area (Å²) in [6.07, 6.45) is 7.80. The Bertz CT molecular complexity index is 1410. The second kappa shape index (κ2) is 8.08. The Morgan fingerprint density at radius 1 is 0.853 bits per heavy atom. The molecule has 1 aliphatic heterocycles. The molecule has 7 rings (SSSR count). The zero-order valence-corrected chi connectivity index (χ0v) is 19.5. The van der Waals surface area contributed by atoms with Gasteiger partial charge in [-0.15, -0.1) is 0 Å². The lowest BCUT2D eigenvalue weighted by molar-refractivity contribution is 0.0577. The van der Waals surface area contributed by atoms with Gasteiger partial charge >= 0.3 is 0 Å². The fourth-order valence-electron chi connectivity index (χ4n) is 6.61. The van der Waals surface area contributed by atoms with Crippen molar-refractivity contribution in [3.05, 3.63) is 101 Å². The first kappa shape index (κ1) is 20.4. The Balaban J connectivity index is 1.13. The summed E-state index contributed by atoms with van der Waals surface area (Å²) in [5.74, 6) is 1.80. The van der Waals surface area contributed by atoms with Crippen LogP contribution < -0.4 is 0 Å². The van der Waals surface area contributed by atoms with E-state index in [-0.39, 0.29) is 0 Å². The smallest absolute Gasteiger partial charge is 0.0825 e. The fourth-order valence-corrected chi connectivity index (χ4v) is 6.61. The minimum Gasteiger partial charge on any atom is -0.388 e. The quantitative estimate of drug-likeness (QED) is 0.363. The summed E-state index contributed by atoms with van der Waals surface area (Å²) in [5, 5.41) is 16.5. The number of aliphatic hydroxyl groups excluding tert-OH is 1. The third-order valence-electron chi connectivity index (χ3n) is 8.57. The molecule has 0 bridgehead atoms. The third kappa shape index (κ3) is 3.40. The molecule has 1 N–H and O–H groups in total. The Labute approximate surface area is 201 Å². The molecule has 0 aromatic heterocycles. The molecule has 1 saturated heterocycles. The van der Waals surface area contributed by atoms with Crippen LogP contribution >= 0.6 is 0 Å². The van der Waals surface area contributed by atoms with Crippen LogP contribution in [0.3, 0.4) is 0 Å². The molecule has 2 fully saturated rings. The van der Waals surface area contributed by atoms with E-state index in [1.165, 1.54) is 33.5 Å². The van der Waals surface area contributed by atoms with E-state index in [1.807, 2.05) is 0 Å². The van der Waals surface area contributed by atoms with Crippen molar-refractivity contribution in [3.8, 4) is 0 Å². The number of aliphatic hydroxyl groups is 1. The van der Waals surface area contributed by atoms with Gasteiger partial charge in [-0.25, -0.2) is 0 Å². The monoisotopic (exact) mass is 445 g/mol. The second-order valence-electron chi connectivity index (χ2n) is 10.6. The molecule has 1 heterocycles. The highest BCUT2D eigenvalue weighted by Crippen LogP contribution is 2.55. The highest BCUT2D eigenvalue weighted by Gasteiger charge is 2.41. The van der Waals surface area contributed by atoms with Gasteiger partial charge in [0.25, 0.3) is 0 Å². The number of benzene rings is 4. The van der Waals surface area contributed by atoms with Gasteiger partial charge in [0.15, 0.2) is 0 Å². The summed E-state index contributed by atoms with van der Waals surface area (Å²) in [7, 11) is 0. The number of piperidine rings is 1. The minimum atomic E-state index is -0.393. The van der Waals surface area contributed by atoms with Gasteiger partial charge in [-0.1, -0.05) is 78.9 Å². The summed E-state index contributed by atoms with van der Waals surface area (Å²) >= 11 is 0. The summed E-state index contributed by atoms with van der Waals surface area (Å²) in [6.45, 7) is 3.13. The summed E-state index contributed by atoms with van der Waals surface area (Å²) in [6, 6.07) is 26.1. The van der Waals surface area contributed by atoms with Crippen LogP contribution in [0.5, 0.6) is 0 Å². The molecule has 3 unspecified atom stereocenters. The SMILES string of the molecule is OC(c1cccc2ccccc12)C1CCN(Cc2c3c(cc4ccccc24)C=CC2CC32)CC1. The van der Waals surface area contributed by atoms with E-state index in [0.29, 0.717) is 5.92 Å². The van der Waals surface area contributed by atoms with Crippen LogP contribution in [0.25, 0.3) is 27.6 Å². The summed E-state index contributed by atoms with van der Waals surface area (Å²) in [4.78, 5) is 2.63. The predicted molar refractivity (Wildman–Crippen MR) is 141 cm³/mol. The van der Waals surface area contributed by atoms with Crippen molar-refractivity contribution in [2.45, 2.75) is 37.8 Å². The van der Waals surface area contributed by atoms with Crippen LogP contribution in [0.1, 0.15) is 53.5 Å². The van der Waals surface area contributed by atoms with Gasteiger partial charge in [0.1, 0.15) is 0 Å². The van der Waals surface area contributed by atoms with E-state index in [9.17, 15) is 5.11 Å². The zero-order chi connectivity index (χ0) is 22.6. The van der Waals surface area contributed by atoms with E-state index in [2.05, 4.69) is 89.8 Å². The van der Waals surface area contributed by atoms with Crippen LogP contribution in [0.2, 0.25) is 0 Å². The summed E-state index contributed by atoms with van der Waals surface area (Å²) < 4.78 is 0. The molecule has 1 saturated carbocycles. The molecule has 4 aromatic carbocycles. The van der Waals surface area contributed by atoms with E-state index in [0.717, 1.165) is 49.9 Å². The van der Waals surface area contributed by atoms with Crippen molar-refractivity contribution in [2.24, 2.45) is 11.8 Å². The topological polar surface area (TPSA) is 23.5 Å². The molecular weight excluding hydrogens is 414 g/mol. The number of nitrogens with zero attached hydrogens (tertiary/aromatic N) is 1. The summed E-state index contributed by atoms with van der Waals surface area (Å²) in [5.41, 5.74) is 5.70.